The number of hydrogen-bond donors (Lipinski definition) is 1. The molecule has 2 amide bonds. The average Bonchev–Trinajstić information content (AvgIpc) is 2.73. The molecule has 0 saturated carbocycles. The fourth-order valence-corrected chi connectivity index (χ4v) is 3.07. The van der Waals surface area contributed by atoms with Gasteiger partial charge in [0.15, 0.2) is 6.61 Å². The number of benzene rings is 2. The smallest absolute Gasteiger partial charge is 0.261 e. The second-order valence-electron chi connectivity index (χ2n) is 7.41. The lowest BCUT2D eigenvalue weighted by atomic mass is 10.0. The van der Waals surface area contributed by atoms with E-state index in [1.807, 2.05) is 61.5 Å². The van der Waals surface area contributed by atoms with E-state index in [-0.39, 0.29) is 18.4 Å². The minimum absolute atomic E-state index is 0.0977. The summed E-state index contributed by atoms with van der Waals surface area (Å²) in [6.07, 6.45) is 0.680. The molecule has 5 heteroatoms. The third kappa shape index (κ3) is 6.93. The average molecular weight is 397 g/mol. The quantitative estimate of drug-likeness (QED) is 0.665. The van der Waals surface area contributed by atoms with Crippen molar-refractivity contribution < 1.29 is 14.3 Å². The lowest BCUT2D eigenvalue weighted by Gasteiger charge is -2.28. The van der Waals surface area contributed by atoms with E-state index in [1.54, 1.807) is 11.8 Å². The molecule has 2 aromatic rings. The first-order valence-electron chi connectivity index (χ1n) is 10.3. The molecule has 5 nitrogen and oxygen atoms in total. The molecule has 1 N–H and O–H groups in total. The van der Waals surface area contributed by atoms with Gasteiger partial charge in [-0.15, -0.1) is 0 Å². The Morgan fingerprint density at radius 1 is 1.00 bits per heavy atom. The first-order chi connectivity index (χ1) is 13.9. The van der Waals surface area contributed by atoms with Crippen molar-refractivity contribution in [3.8, 4) is 5.75 Å². The minimum atomic E-state index is -0.557. The van der Waals surface area contributed by atoms with Gasteiger partial charge in [-0.1, -0.05) is 56.3 Å². The number of hydrogen-bond acceptors (Lipinski definition) is 3. The van der Waals surface area contributed by atoms with Crippen LogP contribution in [0.15, 0.2) is 54.6 Å². The Morgan fingerprint density at radius 3 is 2.24 bits per heavy atom. The molecule has 0 aromatic heterocycles. The summed E-state index contributed by atoms with van der Waals surface area (Å²) >= 11 is 0. The number of nitrogens with one attached hydrogen (secondary N) is 1. The second-order valence-corrected chi connectivity index (χ2v) is 7.41. The van der Waals surface area contributed by atoms with Crippen LogP contribution in [0.25, 0.3) is 0 Å². The van der Waals surface area contributed by atoms with Gasteiger partial charge < -0.3 is 15.0 Å². The van der Waals surface area contributed by atoms with Crippen molar-refractivity contribution in [3.05, 3.63) is 65.7 Å². The third-order valence-electron chi connectivity index (χ3n) is 4.91. The maximum atomic E-state index is 12.9. The van der Waals surface area contributed by atoms with Crippen LogP contribution in [0.3, 0.4) is 0 Å². The van der Waals surface area contributed by atoms with E-state index in [9.17, 15) is 9.59 Å². The standard InChI is InChI=1S/C24H32N2O3/c1-5-25-24(28)19(4)26(16-15-20-9-7-6-8-10-20)23(27)17-29-22-13-11-21(12-14-22)18(2)3/h6-14,18-19H,5,15-17H2,1-4H3,(H,25,28). The maximum absolute atomic E-state index is 12.9. The molecular weight excluding hydrogens is 364 g/mol. The van der Waals surface area contributed by atoms with Crippen LogP contribution in [0.1, 0.15) is 44.7 Å². The van der Waals surface area contributed by atoms with E-state index in [2.05, 4.69) is 19.2 Å². The fraction of sp³-hybridized carbons (Fsp3) is 0.417. The molecule has 0 aliphatic heterocycles. The summed E-state index contributed by atoms with van der Waals surface area (Å²) in [5.41, 5.74) is 2.34. The summed E-state index contributed by atoms with van der Waals surface area (Å²) in [7, 11) is 0. The maximum Gasteiger partial charge on any atom is 0.261 e. The Kier molecular flexibility index (Phi) is 8.71. The number of carbonyl (C=O) groups is 2. The Labute approximate surface area is 174 Å². The molecule has 29 heavy (non-hydrogen) atoms. The molecule has 0 heterocycles. The zero-order valence-electron chi connectivity index (χ0n) is 17.9. The third-order valence-corrected chi connectivity index (χ3v) is 4.91. The van der Waals surface area contributed by atoms with Gasteiger partial charge in [-0.25, -0.2) is 0 Å². The number of amides is 2. The first-order valence-corrected chi connectivity index (χ1v) is 10.3. The molecule has 1 unspecified atom stereocenters. The van der Waals surface area contributed by atoms with Crippen molar-refractivity contribution in [2.24, 2.45) is 0 Å². The summed E-state index contributed by atoms with van der Waals surface area (Å²) in [6, 6.07) is 17.2. The van der Waals surface area contributed by atoms with E-state index in [1.165, 1.54) is 5.56 Å². The van der Waals surface area contributed by atoms with Gasteiger partial charge in [0.1, 0.15) is 11.8 Å². The highest BCUT2D eigenvalue weighted by Gasteiger charge is 2.25. The summed E-state index contributed by atoms with van der Waals surface area (Å²) in [5, 5.41) is 2.80. The zero-order chi connectivity index (χ0) is 21.2. The van der Waals surface area contributed by atoms with Crippen LogP contribution in [0.2, 0.25) is 0 Å². The van der Waals surface area contributed by atoms with Crippen LogP contribution in [0.4, 0.5) is 0 Å². The number of ether oxygens (including phenoxy) is 1. The fourth-order valence-electron chi connectivity index (χ4n) is 3.07. The lowest BCUT2D eigenvalue weighted by molar-refractivity contribution is -0.141. The molecule has 0 aliphatic carbocycles. The monoisotopic (exact) mass is 396 g/mol. The predicted octanol–water partition coefficient (Wildman–Crippen LogP) is 3.78. The summed E-state index contributed by atoms with van der Waals surface area (Å²) in [5.74, 6) is 0.733. The number of carbonyl (C=O) groups excluding carboxylic acids is 2. The van der Waals surface area contributed by atoms with Crippen LogP contribution in [-0.4, -0.2) is 42.5 Å². The van der Waals surface area contributed by atoms with Crippen LogP contribution >= 0.6 is 0 Å². The van der Waals surface area contributed by atoms with Crippen LogP contribution in [-0.2, 0) is 16.0 Å². The Balaban J connectivity index is 2.03. The van der Waals surface area contributed by atoms with Crippen LogP contribution in [0, 0.1) is 0 Å². The number of likely N-dealkylation sites (N-methyl/N-ethyl adjacent to an activating group) is 1. The lowest BCUT2D eigenvalue weighted by Crippen LogP contribution is -2.50. The molecule has 2 rings (SSSR count). The van der Waals surface area contributed by atoms with Crippen LogP contribution < -0.4 is 10.1 Å². The van der Waals surface area contributed by atoms with Crippen molar-refractivity contribution in [3.63, 3.8) is 0 Å². The van der Waals surface area contributed by atoms with Gasteiger partial charge in [0.05, 0.1) is 0 Å². The summed E-state index contributed by atoms with van der Waals surface area (Å²) in [6.45, 7) is 8.77. The molecule has 0 radical (unpaired) electrons. The predicted molar refractivity (Wildman–Crippen MR) is 116 cm³/mol. The SMILES string of the molecule is CCNC(=O)C(C)N(CCc1ccccc1)C(=O)COc1ccc(C(C)C)cc1. The highest BCUT2D eigenvalue weighted by atomic mass is 16.5. The van der Waals surface area contributed by atoms with E-state index in [0.29, 0.717) is 31.2 Å². The van der Waals surface area contributed by atoms with Crippen molar-refractivity contribution in [1.82, 2.24) is 10.2 Å². The molecule has 2 aromatic carbocycles. The van der Waals surface area contributed by atoms with Gasteiger partial charge in [-0.05, 0) is 49.4 Å². The summed E-state index contributed by atoms with van der Waals surface area (Å²) in [4.78, 5) is 26.8. The van der Waals surface area contributed by atoms with Gasteiger partial charge in [0.2, 0.25) is 5.91 Å². The topological polar surface area (TPSA) is 58.6 Å². The molecule has 0 aliphatic rings. The normalized spacial score (nSPS) is 11.8. The van der Waals surface area contributed by atoms with Gasteiger partial charge in [-0.3, -0.25) is 9.59 Å². The van der Waals surface area contributed by atoms with E-state index < -0.39 is 6.04 Å². The minimum Gasteiger partial charge on any atom is -0.484 e. The van der Waals surface area contributed by atoms with E-state index >= 15 is 0 Å². The molecule has 1 atom stereocenters. The van der Waals surface area contributed by atoms with Crippen molar-refractivity contribution in [1.29, 1.82) is 0 Å². The Bertz CT molecular complexity index is 772. The molecule has 0 spiro atoms. The van der Waals surface area contributed by atoms with Crippen LogP contribution in [0.5, 0.6) is 5.75 Å². The van der Waals surface area contributed by atoms with Crippen molar-refractivity contribution >= 4 is 11.8 Å². The van der Waals surface area contributed by atoms with E-state index in [4.69, 9.17) is 4.74 Å². The van der Waals surface area contributed by atoms with Gasteiger partial charge in [0.25, 0.3) is 5.91 Å². The van der Waals surface area contributed by atoms with Gasteiger partial charge in [0, 0.05) is 13.1 Å². The van der Waals surface area contributed by atoms with Gasteiger partial charge >= 0.3 is 0 Å². The first kappa shape index (κ1) is 22.5. The molecule has 0 fully saturated rings. The highest BCUT2D eigenvalue weighted by molar-refractivity contribution is 5.87. The number of rotatable bonds is 10. The largest absolute Gasteiger partial charge is 0.484 e. The molecular formula is C24H32N2O3. The highest BCUT2D eigenvalue weighted by Crippen LogP contribution is 2.18. The Hall–Kier alpha value is -2.82. The van der Waals surface area contributed by atoms with E-state index in [0.717, 1.165) is 5.56 Å². The van der Waals surface area contributed by atoms with Crippen molar-refractivity contribution in [2.45, 2.75) is 46.1 Å². The Morgan fingerprint density at radius 2 is 1.66 bits per heavy atom. The summed E-state index contributed by atoms with van der Waals surface area (Å²) < 4.78 is 5.70. The van der Waals surface area contributed by atoms with Crippen molar-refractivity contribution in [2.75, 3.05) is 19.7 Å². The van der Waals surface area contributed by atoms with Gasteiger partial charge in [-0.2, -0.15) is 0 Å². The second kappa shape index (κ2) is 11.2. The molecule has 0 saturated heterocycles. The molecule has 0 bridgehead atoms. The number of nitrogens with zero attached hydrogens (tertiary/aromatic N) is 1. The molecule has 156 valence electrons. The zero-order valence-corrected chi connectivity index (χ0v) is 17.9.